The lowest BCUT2D eigenvalue weighted by Crippen LogP contribution is -2.17. The molecule has 0 saturated heterocycles. The van der Waals surface area contributed by atoms with Crippen LogP contribution in [0.3, 0.4) is 0 Å². The highest BCUT2D eigenvalue weighted by molar-refractivity contribution is 6.05. The number of benzene rings is 2. The molecule has 1 unspecified atom stereocenters. The summed E-state index contributed by atoms with van der Waals surface area (Å²) in [4.78, 5) is 17.1. The number of hydrogen-bond acceptors (Lipinski definition) is 5. The number of ether oxygens (including phenoxy) is 1. The summed E-state index contributed by atoms with van der Waals surface area (Å²) in [5, 5.41) is 6.73. The molecule has 2 heterocycles. The molecular formula is C23H18FN3O3. The van der Waals surface area contributed by atoms with Crippen LogP contribution in [0.4, 0.5) is 10.1 Å². The number of amides is 1. The maximum absolute atomic E-state index is 13.1. The van der Waals surface area contributed by atoms with E-state index in [0.29, 0.717) is 11.4 Å². The van der Waals surface area contributed by atoms with E-state index < -0.39 is 12.0 Å². The minimum atomic E-state index is -0.615. The summed E-state index contributed by atoms with van der Waals surface area (Å²) in [5.74, 6) is -0.661. The number of carbonyl (C=O) groups is 1. The van der Waals surface area contributed by atoms with Crippen LogP contribution in [0.2, 0.25) is 0 Å². The normalized spacial score (nSPS) is 11.7. The molecule has 30 heavy (non-hydrogen) atoms. The van der Waals surface area contributed by atoms with Crippen LogP contribution in [0.1, 0.15) is 33.3 Å². The predicted molar refractivity (Wildman–Crippen MR) is 109 cm³/mol. The quantitative estimate of drug-likeness (QED) is 0.494. The number of aryl methyl sites for hydroxylation is 1. The Morgan fingerprint density at radius 2 is 1.93 bits per heavy atom. The second-order valence-corrected chi connectivity index (χ2v) is 6.65. The summed E-state index contributed by atoms with van der Waals surface area (Å²) in [5.41, 5.74) is 3.15. The van der Waals surface area contributed by atoms with E-state index in [1.807, 2.05) is 31.2 Å². The average molecular weight is 403 g/mol. The second-order valence-electron chi connectivity index (χ2n) is 6.65. The van der Waals surface area contributed by atoms with E-state index in [1.54, 1.807) is 24.4 Å². The van der Waals surface area contributed by atoms with Crippen LogP contribution in [0.15, 0.2) is 83.7 Å². The topological polar surface area (TPSA) is 77.2 Å². The maximum Gasteiger partial charge on any atom is 0.261 e. The molecular weight excluding hydrogens is 385 g/mol. The van der Waals surface area contributed by atoms with Crippen molar-refractivity contribution in [2.75, 3.05) is 5.32 Å². The van der Waals surface area contributed by atoms with Gasteiger partial charge in [0.05, 0.1) is 0 Å². The molecule has 0 fully saturated rings. The SMILES string of the molecule is Cc1cccc(C(Oc2ncccc2C(=O)Nc2ccc(F)cc2)c2ccon2)c1. The molecule has 1 atom stereocenters. The van der Waals surface area contributed by atoms with Crippen molar-refractivity contribution in [1.82, 2.24) is 10.1 Å². The molecule has 0 radical (unpaired) electrons. The van der Waals surface area contributed by atoms with Gasteiger partial charge in [0.25, 0.3) is 5.91 Å². The van der Waals surface area contributed by atoms with Crippen LogP contribution in [0.5, 0.6) is 5.88 Å². The van der Waals surface area contributed by atoms with Gasteiger partial charge in [-0.3, -0.25) is 4.79 Å². The van der Waals surface area contributed by atoms with Gasteiger partial charge in [0.2, 0.25) is 5.88 Å². The van der Waals surface area contributed by atoms with Gasteiger partial charge in [-0.1, -0.05) is 35.0 Å². The number of anilines is 1. The molecule has 0 bridgehead atoms. The first-order valence-corrected chi connectivity index (χ1v) is 9.25. The van der Waals surface area contributed by atoms with E-state index in [2.05, 4.69) is 15.5 Å². The second kappa shape index (κ2) is 8.57. The summed E-state index contributed by atoms with van der Waals surface area (Å²) in [6.07, 6.45) is 2.39. The third-order valence-electron chi connectivity index (χ3n) is 4.42. The summed E-state index contributed by atoms with van der Waals surface area (Å²) < 4.78 is 24.3. The van der Waals surface area contributed by atoms with Crippen LogP contribution in [0.25, 0.3) is 0 Å². The molecule has 2 aromatic heterocycles. The Bertz CT molecular complexity index is 1140. The molecule has 0 aliphatic heterocycles. The number of carbonyl (C=O) groups excluding carboxylic acids is 1. The van der Waals surface area contributed by atoms with Crippen molar-refractivity contribution in [1.29, 1.82) is 0 Å². The minimum Gasteiger partial charge on any atom is -0.462 e. The van der Waals surface area contributed by atoms with Gasteiger partial charge in [-0.25, -0.2) is 9.37 Å². The third-order valence-corrected chi connectivity index (χ3v) is 4.42. The van der Waals surface area contributed by atoms with Crippen molar-refractivity contribution in [3.8, 4) is 5.88 Å². The van der Waals surface area contributed by atoms with E-state index in [4.69, 9.17) is 9.26 Å². The average Bonchev–Trinajstić information content (AvgIpc) is 3.28. The summed E-state index contributed by atoms with van der Waals surface area (Å²) in [6.45, 7) is 1.98. The van der Waals surface area contributed by atoms with E-state index in [9.17, 15) is 9.18 Å². The van der Waals surface area contributed by atoms with Gasteiger partial charge in [0.15, 0.2) is 6.10 Å². The summed E-state index contributed by atoms with van der Waals surface area (Å²) in [7, 11) is 0. The van der Waals surface area contributed by atoms with Crippen LogP contribution in [-0.4, -0.2) is 16.0 Å². The lowest BCUT2D eigenvalue weighted by atomic mass is 10.0. The first-order valence-electron chi connectivity index (χ1n) is 9.25. The maximum atomic E-state index is 13.1. The van der Waals surface area contributed by atoms with Gasteiger partial charge in [0.1, 0.15) is 23.3 Å². The summed E-state index contributed by atoms with van der Waals surface area (Å²) in [6, 6.07) is 18.2. The van der Waals surface area contributed by atoms with Crippen LogP contribution in [0, 0.1) is 12.7 Å². The van der Waals surface area contributed by atoms with Crippen molar-refractivity contribution in [2.24, 2.45) is 0 Å². The smallest absolute Gasteiger partial charge is 0.261 e. The zero-order valence-corrected chi connectivity index (χ0v) is 16.1. The molecule has 150 valence electrons. The zero-order chi connectivity index (χ0) is 20.9. The van der Waals surface area contributed by atoms with Gasteiger partial charge in [-0.2, -0.15) is 0 Å². The fourth-order valence-corrected chi connectivity index (χ4v) is 2.99. The number of aromatic nitrogens is 2. The van der Waals surface area contributed by atoms with Crippen molar-refractivity contribution >= 4 is 11.6 Å². The Kier molecular flexibility index (Phi) is 5.52. The molecule has 7 heteroatoms. The fraction of sp³-hybridized carbons (Fsp3) is 0.0870. The van der Waals surface area contributed by atoms with Gasteiger partial charge < -0.3 is 14.6 Å². The number of pyridine rings is 1. The van der Waals surface area contributed by atoms with Gasteiger partial charge in [-0.15, -0.1) is 0 Å². The Morgan fingerprint density at radius 3 is 2.67 bits per heavy atom. The summed E-state index contributed by atoms with van der Waals surface area (Å²) >= 11 is 0. The van der Waals surface area contributed by atoms with E-state index in [-0.39, 0.29) is 17.3 Å². The van der Waals surface area contributed by atoms with Crippen LogP contribution in [-0.2, 0) is 0 Å². The third kappa shape index (κ3) is 4.35. The lowest BCUT2D eigenvalue weighted by molar-refractivity contribution is 0.101. The molecule has 1 N–H and O–H groups in total. The highest BCUT2D eigenvalue weighted by atomic mass is 19.1. The van der Waals surface area contributed by atoms with Crippen LogP contribution >= 0.6 is 0 Å². The van der Waals surface area contributed by atoms with Gasteiger partial charge in [-0.05, 0) is 48.9 Å². The molecule has 0 spiro atoms. The molecule has 4 rings (SSSR count). The number of rotatable bonds is 6. The molecule has 0 aliphatic rings. The Balaban J connectivity index is 1.64. The van der Waals surface area contributed by atoms with E-state index in [1.165, 1.54) is 30.5 Å². The molecule has 1 amide bonds. The predicted octanol–water partition coefficient (Wildman–Crippen LogP) is 4.94. The van der Waals surface area contributed by atoms with Gasteiger partial charge in [0, 0.05) is 18.0 Å². The first kappa shape index (κ1) is 19.3. The molecule has 6 nitrogen and oxygen atoms in total. The number of nitrogens with zero attached hydrogens (tertiary/aromatic N) is 2. The largest absolute Gasteiger partial charge is 0.462 e. The van der Waals surface area contributed by atoms with Crippen molar-refractivity contribution in [2.45, 2.75) is 13.0 Å². The molecule has 4 aromatic rings. The van der Waals surface area contributed by atoms with Gasteiger partial charge >= 0.3 is 0 Å². The Morgan fingerprint density at radius 1 is 1.10 bits per heavy atom. The Labute approximate surface area is 172 Å². The Hall–Kier alpha value is -4.00. The minimum absolute atomic E-state index is 0.145. The number of nitrogens with one attached hydrogen (secondary N) is 1. The van der Waals surface area contributed by atoms with Crippen LogP contribution < -0.4 is 10.1 Å². The van der Waals surface area contributed by atoms with Crippen molar-refractivity contribution < 1.29 is 18.4 Å². The highest BCUT2D eigenvalue weighted by Gasteiger charge is 2.23. The molecule has 0 saturated carbocycles. The standard InChI is InChI=1S/C23H18FN3O3/c1-15-4-2-5-16(14-15)21(20-11-13-29-27-20)30-23-19(6-3-12-25-23)22(28)26-18-9-7-17(24)8-10-18/h2-14,21H,1H3,(H,26,28). The number of halogens is 1. The monoisotopic (exact) mass is 403 g/mol. The fourth-order valence-electron chi connectivity index (χ4n) is 2.99. The van der Waals surface area contributed by atoms with E-state index >= 15 is 0 Å². The van der Waals surface area contributed by atoms with Crippen molar-refractivity contribution in [3.05, 3.63) is 107 Å². The number of hydrogen-bond donors (Lipinski definition) is 1. The first-order chi connectivity index (χ1) is 14.6. The van der Waals surface area contributed by atoms with E-state index in [0.717, 1.165) is 11.1 Å². The molecule has 2 aromatic carbocycles. The zero-order valence-electron chi connectivity index (χ0n) is 16.1. The van der Waals surface area contributed by atoms with Crippen molar-refractivity contribution in [3.63, 3.8) is 0 Å². The molecule has 0 aliphatic carbocycles. The highest BCUT2D eigenvalue weighted by Crippen LogP contribution is 2.29. The lowest BCUT2D eigenvalue weighted by Gasteiger charge is -2.19.